The first-order valence-corrected chi connectivity index (χ1v) is 12.2. The Hall–Kier alpha value is -4.03. The Kier molecular flexibility index (Phi) is 7.05. The summed E-state index contributed by atoms with van der Waals surface area (Å²) in [7, 11) is 0. The van der Waals surface area contributed by atoms with E-state index in [2.05, 4.69) is 18.2 Å². The summed E-state index contributed by atoms with van der Waals surface area (Å²) in [5, 5.41) is 16.6. The Bertz CT molecular complexity index is 1270. The van der Waals surface area contributed by atoms with Crippen LogP contribution in [0.2, 0.25) is 0 Å². The van der Waals surface area contributed by atoms with E-state index in [1.807, 2.05) is 48.5 Å². The number of aliphatic hydroxyl groups is 1. The lowest BCUT2D eigenvalue weighted by atomic mass is 9.77. The van der Waals surface area contributed by atoms with Crippen molar-refractivity contribution < 1.29 is 19.4 Å². The fourth-order valence-electron chi connectivity index (χ4n) is 4.99. The van der Waals surface area contributed by atoms with Crippen LogP contribution in [0.3, 0.4) is 0 Å². The number of carbonyl (C=O) groups excluding carboxylic acids is 2. The highest BCUT2D eigenvalue weighted by atomic mass is 16.5. The number of nitrogens with zero attached hydrogens (tertiary/aromatic N) is 2. The molecule has 3 aromatic carbocycles. The van der Waals surface area contributed by atoms with Crippen LogP contribution >= 0.6 is 0 Å². The number of amides is 1. The highest BCUT2D eigenvalue weighted by Gasteiger charge is 2.43. The van der Waals surface area contributed by atoms with Crippen LogP contribution in [0.25, 0.3) is 6.08 Å². The lowest BCUT2D eigenvalue weighted by molar-refractivity contribution is -0.160. The van der Waals surface area contributed by atoms with E-state index in [0.29, 0.717) is 5.56 Å². The van der Waals surface area contributed by atoms with Crippen LogP contribution in [0, 0.1) is 5.92 Å². The minimum Gasteiger partial charge on any atom is -0.453 e. The average Bonchev–Trinajstić information content (AvgIpc) is 3.33. The van der Waals surface area contributed by atoms with Crippen LogP contribution in [0.15, 0.2) is 102 Å². The lowest BCUT2D eigenvalue weighted by Crippen LogP contribution is -2.35. The van der Waals surface area contributed by atoms with Gasteiger partial charge in [-0.15, -0.1) is 0 Å². The van der Waals surface area contributed by atoms with Gasteiger partial charge in [0.1, 0.15) is 0 Å². The number of carbonyl (C=O) groups is 2. The van der Waals surface area contributed by atoms with E-state index in [1.54, 1.807) is 30.3 Å². The second-order valence-electron chi connectivity index (χ2n) is 9.08. The Balaban J connectivity index is 1.39. The molecule has 3 unspecified atom stereocenters. The molecule has 5 rings (SSSR count). The predicted molar refractivity (Wildman–Crippen MR) is 138 cm³/mol. The van der Waals surface area contributed by atoms with Crippen molar-refractivity contribution in [3.05, 3.63) is 113 Å². The van der Waals surface area contributed by atoms with Gasteiger partial charge in [-0.3, -0.25) is 4.79 Å². The number of hydrogen-bond acceptors (Lipinski definition) is 5. The van der Waals surface area contributed by atoms with Crippen molar-refractivity contribution in [3.8, 4) is 0 Å². The molecule has 0 spiro atoms. The maximum Gasteiger partial charge on any atom is 0.340 e. The third-order valence-electron chi connectivity index (χ3n) is 6.72. The van der Waals surface area contributed by atoms with Crippen molar-refractivity contribution in [2.75, 3.05) is 6.61 Å². The van der Waals surface area contributed by atoms with E-state index in [1.165, 1.54) is 5.01 Å². The van der Waals surface area contributed by atoms with Crippen molar-refractivity contribution in [3.63, 3.8) is 0 Å². The number of fused-ring (bicyclic) bond motifs is 1. The van der Waals surface area contributed by atoms with E-state index < -0.39 is 24.6 Å². The van der Waals surface area contributed by atoms with Gasteiger partial charge >= 0.3 is 5.97 Å². The number of benzene rings is 3. The number of esters is 1. The summed E-state index contributed by atoms with van der Waals surface area (Å²) < 4.78 is 5.23. The normalized spacial score (nSPS) is 21.0. The molecule has 182 valence electrons. The number of hydrazone groups is 1. The molecule has 1 fully saturated rings. The molecular weight excluding hydrogens is 452 g/mol. The maximum atomic E-state index is 13.3. The second-order valence-corrected chi connectivity index (χ2v) is 9.08. The lowest BCUT2D eigenvalue weighted by Gasteiger charge is -2.29. The summed E-state index contributed by atoms with van der Waals surface area (Å²) in [5.41, 5.74) is 4.56. The van der Waals surface area contributed by atoms with Gasteiger partial charge in [0.05, 0.1) is 11.8 Å². The van der Waals surface area contributed by atoms with Gasteiger partial charge in [0.2, 0.25) is 0 Å². The fourth-order valence-corrected chi connectivity index (χ4v) is 4.99. The molecule has 1 aliphatic heterocycles. The molecule has 1 heterocycles. The van der Waals surface area contributed by atoms with Crippen LogP contribution in [0.4, 0.5) is 0 Å². The Morgan fingerprint density at radius 2 is 1.61 bits per heavy atom. The largest absolute Gasteiger partial charge is 0.453 e. The smallest absolute Gasteiger partial charge is 0.340 e. The second kappa shape index (κ2) is 10.7. The van der Waals surface area contributed by atoms with Crippen LogP contribution in [-0.4, -0.2) is 34.3 Å². The zero-order valence-corrected chi connectivity index (χ0v) is 19.9. The van der Waals surface area contributed by atoms with E-state index in [-0.39, 0.29) is 12.0 Å². The van der Waals surface area contributed by atoms with Gasteiger partial charge in [-0.2, -0.15) is 5.10 Å². The summed E-state index contributed by atoms with van der Waals surface area (Å²) in [6, 6.07) is 28.2. The summed E-state index contributed by atoms with van der Waals surface area (Å²) >= 11 is 0. The topological polar surface area (TPSA) is 79.2 Å². The first kappa shape index (κ1) is 23.7. The number of rotatable bonds is 6. The Morgan fingerprint density at radius 1 is 0.972 bits per heavy atom. The molecule has 1 amide bonds. The molecule has 0 aromatic heterocycles. The monoisotopic (exact) mass is 480 g/mol. The first-order chi connectivity index (χ1) is 17.6. The molecular formula is C30H28N2O4. The summed E-state index contributed by atoms with van der Waals surface area (Å²) in [6.45, 7) is -0.493. The van der Waals surface area contributed by atoms with Gasteiger partial charge in [0.25, 0.3) is 5.91 Å². The SMILES string of the molecule is O=C(OCC(=O)N1N=C2C(=Cc3ccccc3)CCCC2C1c1ccccc1)C(O)c1ccccc1. The highest BCUT2D eigenvalue weighted by molar-refractivity contribution is 6.08. The Labute approximate surface area is 210 Å². The molecule has 1 saturated carbocycles. The van der Waals surface area contributed by atoms with Crippen LogP contribution < -0.4 is 0 Å². The van der Waals surface area contributed by atoms with Gasteiger partial charge in [0, 0.05) is 5.92 Å². The first-order valence-electron chi connectivity index (χ1n) is 12.2. The van der Waals surface area contributed by atoms with E-state index in [4.69, 9.17) is 9.84 Å². The minimum absolute atomic E-state index is 0.0608. The molecule has 36 heavy (non-hydrogen) atoms. The van der Waals surface area contributed by atoms with Gasteiger partial charge in [0.15, 0.2) is 12.7 Å². The number of ether oxygens (including phenoxy) is 1. The highest BCUT2D eigenvalue weighted by Crippen LogP contribution is 2.44. The van der Waals surface area contributed by atoms with Gasteiger partial charge in [-0.25, -0.2) is 9.80 Å². The molecule has 0 saturated heterocycles. The van der Waals surface area contributed by atoms with E-state index in [9.17, 15) is 14.7 Å². The number of aliphatic hydroxyl groups excluding tert-OH is 1. The molecule has 0 radical (unpaired) electrons. The van der Waals surface area contributed by atoms with Crippen molar-refractivity contribution in [1.82, 2.24) is 5.01 Å². The molecule has 2 aliphatic rings. The van der Waals surface area contributed by atoms with Crippen LogP contribution in [-0.2, 0) is 14.3 Å². The summed E-state index contributed by atoms with van der Waals surface area (Å²) in [6.07, 6.45) is 3.52. The molecule has 6 heteroatoms. The summed E-state index contributed by atoms with van der Waals surface area (Å²) in [5.74, 6) is -1.22. The third kappa shape index (κ3) is 4.99. The maximum absolute atomic E-state index is 13.3. The fraction of sp³-hybridized carbons (Fsp3) is 0.233. The molecule has 6 nitrogen and oxygen atoms in total. The molecule has 0 bridgehead atoms. The van der Waals surface area contributed by atoms with Gasteiger partial charge < -0.3 is 9.84 Å². The van der Waals surface area contributed by atoms with Crippen molar-refractivity contribution in [1.29, 1.82) is 0 Å². The molecule has 1 aliphatic carbocycles. The molecule has 3 aromatic rings. The van der Waals surface area contributed by atoms with E-state index in [0.717, 1.165) is 41.7 Å². The zero-order chi connectivity index (χ0) is 24.9. The van der Waals surface area contributed by atoms with Gasteiger partial charge in [-0.1, -0.05) is 91.0 Å². The average molecular weight is 481 g/mol. The summed E-state index contributed by atoms with van der Waals surface area (Å²) in [4.78, 5) is 25.8. The van der Waals surface area contributed by atoms with E-state index >= 15 is 0 Å². The van der Waals surface area contributed by atoms with Gasteiger partial charge in [-0.05, 0) is 47.6 Å². The molecule has 1 N–H and O–H groups in total. The third-order valence-corrected chi connectivity index (χ3v) is 6.72. The quantitative estimate of drug-likeness (QED) is 0.499. The van der Waals surface area contributed by atoms with Crippen molar-refractivity contribution in [2.24, 2.45) is 11.0 Å². The standard InChI is InChI=1S/C30H28N2O4/c33-26(20-36-30(35)29(34)23-15-8-3-9-16-23)32-28(22-13-6-2-7-14-22)25-18-10-17-24(27(25)31-32)19-21-11-4-1-5-12-21/h1-9,11-16,19,25,28-29,34H,10,17-18,20H2. The van der Waals surface area contributed by atoms with Crippen LogP contribution in [0.1, 0.15) is 48.1 Å². The minimum atomic E-state index is -1.45. The molecule has 3 atom stereocenters. The predicted octanol–water partition coefficient (Wildman–Crippen LogP) is 5.09. The Morgan fingerprint density at radius 3 is 2.31 bits per heavy atom. The van der Waals surface area contributed by atoms with Crippen molar-refractivity contribution in [2.45, 2.75) is 31.4 Å². The number of hydrogen-bond donors (Lipinski definition) is 1. The number of allylic oxidation sites excluding steroid dienone is 1. The van der Waals surface area contributed by atoms with Crippen LogP contribution in [0.5, 0.6) is 0 Å². The van der Waals surface area contributed by atoms with Crippen molar-refractivity contribution >= 4 is 23.7 Å². The zero-order valence-electron chi connectivity index (χ0n) is 19.9.